The van der Waals surface area contributed by atoms with Gasteiger partial charge in [0, 0.05) is 30.2 Å². The van der Waals surface area contributed by atoms with Crippen molar-refractivity contribution >= 4 is 52.1 Å². The van der Waals surface area contributed by atoms with Crippen molar-refractivity contribution in [3.63, 3.8) is 0 Å². The Morgan fingerprint density at radius 3 is 2.55 bits per heavy atom. The van der Waals surface area contributed by atoms with E-state index in [1.165, 1.54) is 11.3 Å². The molecule has 0 amide bonds. The quantitative estimate of drug-likeness (QED) is 0.199. The number of nitrogens with zero attached hydrogens (tertiary/aromatic N) is 3. The van der Waals surface area contributed by atoms with Crippen LogP contribution in [-0.2, 0) is 4.74 Å². The average Bonchev–Trinajstić information content (AvgIpc) is 3.12. The third-order valence-electron chi connectivity index (χ3n) is 4.09. The van der Waals surface area contributed by atoms with Crippen molar-refractivity contribution in [1.82, 2.24) is 4.90 Å². The summed E-state index contributed by atoms with van der Waals surface area (Å²) in [5, 5.41) is 5.42. The minimum Gasteiger partial charge on any atom is -0.462 e. The van der Waals surface area contributed by atoms with Crippen LogP contribution < -0.4 is 5.43 Å². The molecular formula is C23H23ClN4O2S. The van der Waals surface area contributed by atoms with E-state index in [0.29, 0.717) is 21.2 Å². The Labute approximate surface area is 190 Å². The molecule has 0 bridgehead atoms. The van der Waals surface area contributed by atoms with Gasteiger partial charge in [0.1, 0.15) is 10.6 Å². The molecule has 0 fully saturated rings. The third-order valence-corrected chi connectivity index (χ3v) is 5.46. The molecule has 2 aromatic carbocycles. The topological polar surface area (TPSA) is 66.3 Å². The van der Waals surface area contributed by atoms with Crippen LogP contribution in [0, 0.1) is 0 Å². The molecule has 0 spiro atoms. The number of thiophene rings is 1. The first kappa shape index (κ1) is 22.5. The van der Waals surface area contributed by atoms with Crippen molar-refractivity contribution < 1.29 is 9.53 Å². The number of esters is 1. The highest BCUT2D eigenvalue weighted by Gasteiger charge is 2.26. The van der Waals surface area contributed by atoms with Gasteiger partial charge in [0.25, 0.3) is 0 Å². The largest absolute Gasteiger partial charge is 0.462 e. The molecule has 0 aliphatic rings. The van der Waals surface area contributed by atoms with E-state index in [-0.39, 0.29) is 6.61 Å². The minimum atomic E-state index is -0.449. The number of nitrogens with one attached hydrogen (secondary N) is 1. The smallest absolute Gasteiger partial charge is 0.341 e. The molecule has 0 saturated carbocycles. The molecule has 1 N–H and O–H groups in total. The molecule has 0 aliphatic heterocycles. The maximum absolute atomic E-state index is 12.9. The van der Waals surface area contributed by atoms with Crippen LogP contribution in [0.5, 0.6) is 0 Å². The summed E-state index contributed by atoms with van der Waals surface area (Å²) in [7, 11) is 3.73. The lowest BCUT2D eigenvalue weighted by atomic mass is 10.0. The number of hydrogen-bond acceptors (Lipinski definition) is 6. The van der Waals surface area contributed by atoms with Gasteiger partial charge in [-0.15, -0.1) is 11.3 Å². The highest BCUT2D eigenvalue weighted by Crippen LogP contribution is 2.43. The van der Waals surface area contributed by atoms with Crippen molar-refractivity contribution in [1.29, 1.82) is 0 Å². The first-order valence-corrected chi connectivity index (χ1v) is 10.8. The summed E-state index contributed by atoms with van der Waals surface area (Å²) in [4.78, 5) is 20.0. The van der Waals surface area contributed by atoms with E-state index in [4.69, 9.17) is 16.3 Å². The second kappa shape index (κ2) is 10.7. The van der Waals surface area contributed by atoms with Crippen LogP contribution >= 0.6 is 22.9 Å². The van der Waals surface area contributed by atoms with Crippen molar-refractivity contribution in [2.75, 3.05) is 26.1 Å². The highest BCUT2D eigenvalue weighted by atomic mass is 35.5. The summed E-state index contributed by atoms with van der Waals surface area (Å²) in [6.45, 7) is 2.03. The molecule has 8 heteroatoms. The fourth-order valence-electron chi connectivity index (χ4n) is 2.79. The maximum atomic E-state index is 12.9. The molecule has 1 aromatic heterocycles. The van der Waals surface area contributed by atoms with Gasteiger partial charge in [0.2, 0.25) is 0 Å². The van der Waals surface area contributed by atoms with E-state index in [1.807, 2.05) is 62.6 Å². The van der Waals surface area contributed by atoms with E-state index in [1.54, 1.807) is 30.4 Å². The monoisotopic (exact) mass is 454 g/mol. The van der Waals surface area contributed by atoms with Gasteiger partial charge in [-0.1, -0.05) is 48.0 Å². The summed E-state index contributed by atoms with van der Waals surface area (Å²) in [5.74, 6) is -0.449. The fourth-order valence-corrected chi connectivity index (χ4v) is 4.03. The average molecular weight is 455 g/mol. The number of hydrogen-bond donors (Lipinski definition) is 1. The Morgan fingerprint density at radius 2 is 1.87 bits per heavy atom. The standard InChI is InChI=1S/C23H23ClN4O2S/c1-4-30-23(29)21-20(17-12-8-9-13-18(17)24)19(31-22(21)25-15-28(2)3)14-26-27-16-10-6-5-7-11-16/h5-15,27H,4H2,1-3H3. The Hall–Kier alpha value is -3.16. The van der Waals surface area contributed by atoms with E-state index >= 15 is 0 Å². The Bertz CT molecular complexity index is 1090. The second-order valence-corrected chi connectivity index (χ2v) is 8.10. The number of aliphatic imine (C=N–C) groups is 1. The van der Waals surface area contributed by atoms with Crippen LogP contribution in [0.4, 0.5) is 10.7 Å². The Balaban J connectivity index is 2.14. The van der Waals surface area contributed by atoms with Crippen molar-refractivity contribution in [3.8, 4) is 11.1 Å². The maximum Gasteiger partial charge on any atom is 0.341 e. The predicted molar refractivity (Wildman–Crippen MR) is 130 cm³/mol. The van der Waals surface area contributed by atoms with Crippen LogP contribution in [0.15, 0.2) is 64.7 Å². The highest BCUT2D eigenvalue weighted by molar-refractivity contribution is 7.18. The lowest BCUT2D eigenvalue weighted by molar-refractivity contribution is 0.0529. The molecule has 0 atom stereocenters. The van der Waals surface area contributed by atoms with Crippen molar-refractivity contribution in [3.05, 3.63) is 70.1 Å². The molecule has 0 unspecified atom stereocenters. The second-order valence-electron chi connectivity index (χ2n) is 6.67. The van der Waals surface area contributed by atoms with Gasteiger partial charge < -0.3 is 9.64 Å². The van der Waals surface area contributed by atoms with Gasteiger partial charge >= 0.3 is 5.97 Å². The van der Waals surface area contributed by atoms with Gasteiger partial charge in [-0.05, 0) is 25.1 Å². The van der Waals surface area contributed by atoms with E-state index in [9.17, 15) is 4.79 Å². The molecule has 0 radical (unpaired) electrons. The van der Waals surface area contributed by atoms with Crippen LogP contribution in [0.1, 0.15) is 22.2 Å². The zero-order valence-electron chi connectivity index (χ0n) is 17.5. The van der Waals surface area contributed by atoms with Crippen molar-refractivity contribution in [2.45, 2.75) is 6.92 Å². The van der Waals surface area contributed by atoms with E-state index in [2.05, 4.69) is 15.5 Å². The number of carbonyl (C=O) groups excluding carboxylic acids is 1. The fraction of sp³-hybridized carbons (Fsp3) is 0.174. The zero-order chi connectivity index (χ0) is 22.2. The van der Waals surface area contributed by atoms with Crippen LogP contribution in [0.2, 0.25) is 5.02 Å². The molecule has 0 saturated heterocycles. The van der Waals surface area contributed by atoms with Gasteiger partial charge in [-0.25, -0.2) is 9.79 Å². The summed E-state index contributed by atoms with van der Waals surface area (Å²) in [5.41, 5.74) is 5.60. The number of carbonyl (C=O) groups is 1. The van der Waals surface area contributed by atoms with Gasteiger partial charge in [-0.2, -0.15) is 5.10 Å². The SMILES string of the molecule is CCOC(=O)c1c(N=CN(C)C)sc(C=NNc2ccccc2)c1-c1ccccc1Cl. The number of halogens is 1. The first-order chi connectivity index (χ1) is 15.0. The van der Waals surface area contributed by atoms with Crippen LogP contribution in [-0.4, -0.2) is 44.1 Å². The van der Waals surface area contributed by atoms with Gasteiger partial charge in [0.05, 0.1) is 29.7 Å². The first-order valence-electron chi connectivity index (χ1n) is 9.64. The van der Waals surface area contributed by atoms with Crippen LogP contribution in [0.25, 0.3) is 11.1 Å². The summed E-state index contributed by atoms with van der Waals surface area (Å²) < 4.78 is 5.34. The Kier molecular flexibility index (Phi) is 7.81. The molecule has 6 nitrogen and oxygen atoms in total. The third kappa shape index (κ3) is 5.71. The molecule has 160 valence electrons. The van der Waals surface area contributed by atoms with E-state index < -0.39 is 5.97 Å². The summed E-state index contributed by atoms with van der Waals surface area (Å²) in [6.07, 6.45) is 3.32. The molecule has 0 aliphatic carbocycles. The minimum absolute atomic E-state index is 0.256. The number of para-hydroxylation sites is 1. The lowest BCUT2D eigenvalue weighted by Crippen LogP contribution is -2.08. The number of ether oxygens (including phenoxy) is 1. The molecular weight excluding hydrogens is 432 g/mol. The number of benzene rings is 2. The zero-order valence-corrected chi connectivity index (χ0v) is 19.1. The summed E-state index contributed by atoms with van der Waals surface area (Å²) >= 11 is 7.84. The van der Waals surface area contributed by atoms with Crippen LogP contribution in [0.3, 0.4) is 0 Å². The number of anilines is 1. The van der Waals surface area contributed by atoms with Gasteiger partial charge in [-0.3, -0.25) is 5.43 Å². The molecule has 31 heavy (non-hydrogen) atoms. The summed E-state index contributed by atoms with van der Waals surface area (Å²) in [6, 6.07) is 17.0. The molecule has 3 aromatic rings. The van der Waals surface area contributed by atoms with E-state index in [0.717, 1.165) is 16.1 Å². The predicted octanol–water partition coefficient (Wildman–Crippen LogP) is 5.91. The Morgan fingerprint density at radius 1 is 1.16 bits per heavy atom. The lowest BCUT2D eigenvalue weighted by Gasteiger charge is -2.09. The molecule has 3 rings (SSSR count). The molecule has 1 heterocycles. The number of rotatable bonds is 8. The number of hydrazone groups is 1. The van der Waals surface area contributed by atoms with Gasteiger partial charge in [0.15, 0.2) is 0 Å². The normalized spacial score (nSPS) is 11.2. The van der Waals surface area contributed by atoms with Crippen molar-refractivity contribution in [2.24, 2.45) is 10.1 Å².